The molecule has 2 aromatic carbocycles. The maximum Gasteiger partial charge on any atom is 0.364 e. The lowest BCUT2D eigenvalue weighted by atomic mass is 9.88. The van der Waals surface area contributed by atoms with Gasteiger partial charge in [-0.25, -0.2) is 4.79 Å². The zero-order valence-corrected chi connectivity index (χ0v) is 27.3. The van der Waals surface area contributed by atoms with Crippen molar-refractivity contribution in [1.82, 2.24) is 10.2 Å². The molecule has 2 saturated heterocycles. The third-order valence-corrected chi connectivity index (χ3v) is 10.1. The van der Waals surface area contributed by atoms with Gasteiger partial charge in [0.15, 0.2) is 0 Å². The molecule has 252 valence electrons. The van der Waals surface area contributed by atoms with Gasteiger partial charge in [0.1, 0.15) is 19.3 Å². The maximum absolute atomic E-state index is 14.3. The van der Waals surface area contributed by atoms with Crippen LogP contribution < -0.4 is 5.32 Å². The number of β-lactam (4-membered cyclic amide) rings is 1. The monoisotopic (exact) mass is 662 g/mol. The van der Waals surface area contributed by atoms with Crippen LogP contribution in [0.2, 0.25) is 0 Å². The van der Waals surface area contributed by atoms with Crippen molar-refractivity contribution < 1.29 is 52.1 Å². The number of amides is 1. The smallest absolute Gasteiger partial charge is 0.364 e. The van der Waals surface area contributed by atoms with E-state index in [9.17, 15) is 24.1 Å². The van der Waals surface area contributed by atoms with Crippen LogP contribution in [-0.4, -0.2) is 91.1 Å². The van der Waals surface area contributed by atoms with E-state index in [1.54, 1.807) is 38.1 Å². The molecule has 4 atom stereocenters. The number of aliphatic hydroxyl groups is 1. The highest BCUT2D eigenvalue weighted by Gasteiger charge is 2.60. The summed E-state index contributed by atoms with van der Waals surface area (Å²) in [6.45, 7) is 4.31. The fourth-order valence-corrected chi connectivity index (χ4v) is 7.63. The molecule has 2 heterocycles. The molecular weight excluding hydrogens is 619 g/mol. The lowest BCUT2D eigenvalue weighted by Crippen LogP contribution is -2.74. The van der Waals surface area contributed by atoms with Crippen molar-refractivity contribution in [2.75, 3.05) is 39.6 Å². The summed E-state index contributed by atoms with van der Waals surface area (Å²) in [5.41, 5.74) is 1.44. The van der Waals surface area contributed by atoms with Gasteiger partial charge in [-0.05, 0) is 31.4 Å². The van der Waals surface area contributed by atoms with E-state index in [0.717, 1.165) is 5.56 Å². The van der Waals surface area contributed by atoms with Crippen LogP contribution in [-0.2, 0) is 53.6 Å². The topological polar surface area (TPSA) is 159 Å². The van der Waals surface area contributed by atoms with Crippen LogP contribution in [0.1, 0.15) is 50.8 Å². The van der Waals surface area contributed by atoms with Crippen molar-refractivity contribution in [2.24, 2.45) is 0 Å². The number of ether oxygens (including phenoxy) is 4. The first-order valence-corrected chi connectivity index (χ1v) is 17.0. The maximum atomic E-state index is 14.3. The van der Waals surface area contributed by atoms with E-state index in [2.05, 4.69) is 5.32 Å². The minimum absolute atomic E-state index is 0.0537. The van der Waals surface area contributed by atoms with E-state index in [1.807, 2.05) is 36.4 Å². The summed E-state index contributed by atoms with van der Waals surface area (Å²) in [6.07, 6.45) is 0.319. The second kappa shape index (κ2) is 16.6. The summed E-state index contributed by atoms with van der Waals surface area (Å²) in [7, 11) is -4.30. The number of nitrogens with zero attached hydrogens (tertiary/aromatic N) is 1. The van der Waals surface area contributed by atoms with Crippen LogP contribution in [0.4, 0.5) is 0 Å². The Morgan fingerprint density at radius 1 is 1.02 bits per heavy atom. The highest BCUT2D eigenvalue weighted by molar-refractivity contribution is 7.55. The molecular formula is C32H43N2O11P. The molecule has 4 rings (SSSR count). The highest BCUT2D eigenvalue weighted by atomic mass is 31.2. The van der Waals surface area contributed by atoms with E-state index in [-0.39, 0.29) is 59.1 Å². The van der Waals surface area contributed by atoms with Gasteiger partial charge in [-0.1, -0.05) is 60.7 Å². The van der Waals surface area contributed by atoms with Gasteiger partial charge in [0.2, 0.25) is 17.5 Å². The number of hydrogen-bond donors (Lipinski definition) is 2. The first-order valence-electron chi connectivity index (χ1n) is 15.4. The largest absolute Gasteiger partial charge is 0.460 e. The molecule has 13 nitrogen and oxygen atoms in total. The number of likely N-dealkylation sites (tertiary alicyclic amines) is 1. The van der Waals surface area contributed by atoms with Crippen LogP contribution in [0, 0.1) is 0 Å². The van der Waals surface area contributed by atoms with Crippen molar-refractivity contribution in [3.05, 3.63) is 71.8 Å². The summed E-state index contributed by atoms with van der Waals surface area (Å²) in [6, 6.07) is 15.7. The predicted molar refractivity (Wildman–Crippen MR) is 165 cm³/mol. The molecule has 0 aromatic heterocycles. The first kappa shape index (κ1) is 35.7. The number of hydrogen-bond acceptors (Lipinski definition) is 12. The summed E-state index contributed by atoms with van der Waals surface area (Å²) >= 11 is 0. The Labute approximate surface area is 269 Å². The summed E-state index contributed by atoms with van der Waals surface area (Å²) in [5, 5.41) is 13.5. The zero-order valence-electron chi connectivity index (χ0n) is 26.4. The quantitative estimate of drug-likeness (QED) is 0.136. The van der Waals surface area contributed by atoms with Crippen LogP contribution in [0.15, 0.2) is 60.7 Å². The lowest BCUT2D eigenvalue weighted by Gasteiger charge is -2.52. The molecule has 2 aromatic rings. The second-order valence-electron chi connectivity index (χ2n) is 10.9. The molecule has 0 radical (unpaired) electrons. The molecule has 0 saturated carbocycles. The third kappa shape index (κ3) is 8.60. The second-order valence-corrected chi connectivity index (χ2v) is 13.0. The van der Waals surface area contributed by atoms with Crippen molar-refractivity contribution in [3.63, 3.8) is 0 Å². The first-order chi connectivity index (χ1) is 22.2. The van der Waals surface area contributed by atoms with E-state index in [4.69, 9.17) is 28.0 Å². The Kier molecular flexibility index (Phi) is 12.9. The number of rotatable bonds is 18. The Morgan fingerprint density at radius 3 is 2.20 bits per heavy atom. The molecule has 2 N–H and O–H groups in total. The summed E-state index contributed by atoms with van der Waals surface area (Å²) in [5.74, 6) is -5.00. The molecule has 2 aliphatic rings. The summed E-state index contributed by atoms with van der Waals surface area (Å²) in [4.78, 5) is 40.7. The Bertz CT molecular complexity index is 1330. The molecule has 0 aliphatic carbocycles. The van der Waals surface area contributed by atoms with Gasteiger partial charge >= 0.3 is 19.5 Å². The van der Waals surface area contributed by atoms with Gasteiger partial charge < -0.3 is 38.0 Å². The fraction of sp³-hybridized carbons (Fsp3) is 0.531. The molecule has 46 heavy (non-hydrogen) atoms. The Hall–Kier alpha value is -3.16. The minimum atomic E-state index is -4.30. The number of benzene rings is 2. The molecule has 0 spiro atoms. The number of nitrogens with one attached hydrogen (secondary N) is 1. The normalized spacial score (nSPS) is 20.5. The van der Waals surface area contributed by atoms with Gasteiger partial charge in [-0.3, -0.25) is 19.5 Å². The van der Waals surface area contributed by atoms with Gasteiger partial charge in [-0.2, -0.15) is 0 Å². The molecule has 0 bridgehead atoms. The summed E-state index contributed by atoms with van der Waals surface area (Å²) < 4.78 is 48.1. The zero-order chi connectivity index (χ0) is 33.2. The lowest BCUT2D eigenvalue weighted by molar-refractivity contribution is -0.205. The van der Waals surface area contributed by atoms with Gasteiger partial charge in [-0.15, -0.1) is 0 Å². The van der Waals surface area contributed by atoms with E-state index >= 15 is 0 Å². The van der Waals surface area contributed by atoms with Crippen molar-refractivity contribution in [1.29, 1.82) is 0 Å². The van der Waals surface area contributed by atoms with Gasteiger partial charge in [0.05, 0.1) is 45.1 Å². The van der Waals surface area contributed by atoms with Crippen molar-refractivity contribution in [3.8, 4) is 0 Å². The fourth-order valence-electron chi connectivity index (χ4n) is 5.63. The third-order valence-electron chi connectivity index (χ3n) is 7.77. The number of carbonyl (C=O) groups excluding carboxylic acids is 3. The van der Waals surface area contributed by atoms with Crippen LogP contribution >= 0.6 is 7.60 Å². The minimum Gasteiger partial charge on any atom is -0.460 e. The molecule has 1 amide bonds. The average molecular weight is 663 g/mol. The van der Waals surface area contributed by atoms with E-state index in [0.29, 0.717) is 5.56 Å². The van der Waals surface area contributed by atoms with Crippen molar-refractivity contribution >= 4 is 25.4 Å². The predicted octanol–water partition coefficient (Wildman–Crippen LogP) is 3.31. The van der Waals surface area contributed by atoms with E-state index in [1.165, 1.54) is 11.8 Å². The highest BCUT2D eigenvalue weighted by Crippen LogP contribution is 2.57. The van der Waals surface area contributed by atoms with E-state index < -0.39 is 55.1 Å². The SMILES string of the molecule is CCOP(=O)(OCC)[C@H](C(=O)OCc1ccccc1)N1C(=O)[C@@H](N[C@H](CO)c2ccccc2)[C@H]1CCC1(COC(C)=O)OCCO1. The molecule has 2 fully saturated rings. The molecule has 14 heteroatoms. The number of aliphatic hydroxyl groups excluding tert-OH is 1. The van der Waals surface area contributed by atoms with Crippen molar-refractivity contribution in [2.45, 2.75) is 69.9 Å². The Balaban J connectivity index is 1.68. The van der Waals surface area contributed by atoms with Gasteiger partial charge in [0.25, 0.3) is 0 Å². The Morgan fingerprint density at radius 2 is 1.63 bits per heavy atom. The van der Waals surface area contributed by atoms with Crippen LogP contribution in [0.5, 0.6) is 0 Å². The molecule has 2 aliphatic heterocycles. The number of esters is 2. The average Bonchev–Trinajstić information content (AvgIpc) is 3.53. The number of carbonyl (C=O) groups is 3. The standard InChI is InChI=1S/C32H43N2O11P/c1-4-44-46(39,45-5-2)30(31(38)40-21-24-12-8-6-9-13-24)34-27(16-17-32(22-41-23(3)36)42-18-19-43-32)28(29(34)37)33-26(20-35)25-14-10-7-11-15-25/h6-15,26-28,30,33,35H,4-5,16-22H2,1-3H3/t26-,27-,28+,30-/m1/s1. The molecule has 0 unspecified atom stereocenters. The van der Waals surface area contributed by atoms with Crippen LogP contribution in [0.3, 0.4) is 0 Å². The van der Waals surface area contributed by atoms with Crippen LogP contribution in [0.25, 0.3) is 0 Å². The van der Waals surface area contributed by atoms with Gasteiger partial charge in [0, 0.05) is 13.3 Å².